The number of piperidine rings is 1. The summed E-state index contributed by atoms with van der Waals surface area (Å²) in [4.78, 5) is 19.1. The lowest BCUT2D eigenvalue weighted by Gasteiger charge is -2.35. The number of ether oxygens (including phenoxy) is 1. The van der Waals surface area contributed by atoms with E-state index >= 15 is 0 Å². The van der Waals surface area contributed by atoms with Crippen molar-refractivity contribution in [3.8, 4) is 0 Å². The lowest BCUT2D eigenvalue weighted by Crippen LogP contribution is -2.40. The molecular weight excluding hydrogens is 290 g/mol. The summed E-state index contributed by atoms with van der Waals surface area (Å²) in [5.41, 5.74) is 2.38. The van der Waals surface area contributed by atoms with Crippen molar-refractivity contribution in [1.29, 1.82) is 0 Å². The number of nitrogens with zero attached hydrogens (tertiary/aromatic N) is 3. The summed E-state index contributed by atoms with van der Waals surface area (Å²) >= 11 is 0. The highest BCUT2D eigenvalue weighted by Gasteiger charge is 2.23. The third kappa shape index (κ3) is 3.39. The summed E-state index contributed by atoms with van der Waals surface area (Å²) < 4.78 is 6.69. The van der Waals surface area contributed by atoms with E-state index in [-0.39, 0.29) is 5.97 Å². The molecule has 1 aliphatic heterocycles. The van der Waals surface area contributed by atoms with Crippen LogP contribution in [0.5, 0.6) is 0 Å². The molecule has 3 heterocycles. The van der Waals surface area contributed by atoms with E-state index in [4.69, 9.17) is 9.72 Å². The second kappa shape index (κ2) is 6.71. The van der Waals surface area contributed by atoms with Crippen LogP contribution in [0.2, 0.25) is 0 Å². The predicted molar refractivity (Wildman–Crippen MR) is 89.7 cm³/mol. The molecule has 2 aromatic rings. The molecule has 0 bridgehead atoms. The lowest BCUT2D eigenvalue weighted by molar-refractivity contribution is 0.0592. The van der Waals surface area contributed by atoms with Gasteiger partial charge in [0, 0.05) is 18.8 Å². The molecule has 1 saturated heterocycles. The van der Waals surface area contributed by atoms with Crippen molar-refractivity contribution in [1.82, 2.24) is 14.3 Å². The van der Waals surface area contributed by atoms with Crippen molar-refractivity contribution < 1.29 is 9.53 Å². The third-order valence-electron chi connectivity index (χ3n) is 4.72. The normalized spacial score (nSPS) is 19.4. The van der Waals surface area contributed by atoms with Gasteiger partial charge in [0.05, 0.1) is 12.8 Å². The summed E-state index contributed by atoms with van der Waals surface area (Å²) in [7, 11) is 1.40. The molecule has 0 aromatic carbocycles. The number of aromatic nitrogens is 2. The molecule has 0 N–H and O–H groups in total. The predicted octanol–water partition coefficient (Wildman–Crippen LogP) is 2.78. The zero-order valence-electron chi connectivity index (χ0n) is 14.2. The van der Waals surface area contributed by atoms with Crippen molar-refractivity contribution in [2.75, 3.05) is 20.2 Å². The Morgan fingerprint density at radius 3 is 3.00 bits per heavy atom. The Balaban J connectivity index is 1.80. The van der Waals surface area contributed by atoms with Crippen LogP contribution in [-0.2, 0) is 11.2 Å². The third-order valence-corrected chi connectivity index (χ3v) is 4.72. The van der Waals surface area contributed by atoms with Crippen LogP contribution in [-0.4, -0.2) is 46.5 Å². The van der Waals surface area contributed by atoms with Gasteiger partial charge in [0.15, 0.2) is 0 Å². The van der Waals surface area contributed by atoms with E-state index in [0.29, 0.717) is 17.7 Å². The first-order valence-electron chi connectivity index (χ1n) is 8.38. The molecule has 23 heavy (non-hydrogen) atoms. The van der Waals surface area contributed by atoms with Gasteiger partial charge in [-0.1, -0.05) is 6.07 Å². The van der Waals surface area contributed by atoms with Gasteiger partial charge in [0.2, 0.25) is 0 Å². The number of hydrogen-bond acceptors (Lipinski definition) is 4. The highest BCUT2D eigenvalue weighted by molar-refractivity contribution is 5.88. The highest BCUT2D eigenvalue weighted by Crippen LogP contribution is 2.22. The number of likely N-dealkylation sites (tertiary alicyclic amines) is 1. The maximum atomic E-state index is 11.9. The van der Waals surface area contributed by atoms with Crippen molar-refractivity contribution in [3.05, 3.63) is 35.8 Å². The van der Waals surface area contributed by atoms with Gasteiger partial charge in [0.25, 0.3) is 0 Å². The maximum absolute atomic E-state index is 11.9. The van der Waals surface area contributed by atoms with Crippen LogP contribution < -0.4 is 0 Å². The number of hydrogen-bond donors (Lipinski definition) is 0. The van der Waals surface area contributed by atoms with Crippen molar-refractivity contribution in [2.45, 2.75) is 39.2 Å². The SMILES string of the molecule is COC(=O)c1cccc2nc(CC3CCCN(C(C)C)C3)cn12. The lowest BCUT2D eigenvalue weighted by atomic mass is 9.93. The Labute approximate surface area is 137 Å². The Kier molecular flexibility index (Phi) is 4.66. The standard InChI is InChI=1S/C18H25N3O2/c1-13(2)20-9-5-6-14(11-20)10-15-12-21-16(18(22)23-3)7-4-8-17(21)19-15/h4,7-8,12-14H,5-6,9-11H2,1-3H3. The summed E-state index contributed by atoms with van der Waals surface area (Å²) in [5, 5.41) is 0. The molecule has 2 aromatic heterocycles. The molecule has 1 atom stereocenters. The monoisotopic (exact) mass is 315 g/mol. The minimum atomic E-state index is -0.330. The Morgan fingerprint density at radius 1 is 1.43 bits per heavy atom. The van der Waals surface area contributed by atoms with Crippen molar-refractivity contribution in [2.24, 2.45) is 5.92 Å². The first-order chi connectivity index (χ1) is 11.1. The smallest absolute Gasteiger partial charge is 0.355 e. The first-order valence-corrected chi connectivity index (χ1v) is 8.38. The average Bonchev–Trinajstić information content (AvgIpc) is 2.96. The van der Waals surface area contributed by atoms with Crippen LogP contribution in [0.15, 0.2) is 24.4 Å². The van der Waals surface area contributed by atoms with Crippen molar-refractivity contribution >= 4 is 11.6 Å². The minimum absolute atomic E-state index is 0.330. The maximum Gasteiger partial charge on any atom is 0.355 e. The molecule has 0 saturated carbocycles. The number of carbonyl (C=O) groups excluding carboxylic acids is 1. The number of fused-ring (bicyclic) bond motifs is 1. The fourth-order valence-electron chi connectivity index (χ4n) is 3.46. The molecule has 124 valence electrons. The molecule has 1 fully saturated rings. The minimum Gasteiger partial charge on any atom is -0.464 e. The van der Waals surface area contributed by atoms with E-state index in [1.807, 2.05) is 22.7 Å². The molecule has 5 heteroatoms. The fraction of sp³-hybridized carbons (Fsp3) is 0.556. The van der Waals surface area contributed by atoms with Crippen LogP contribution in [0, 0.1) is 5.92 Å². The molecule has 3 rings (SSSR count). The first kappa shape index (κ1) is 16.0. The molecule has 0 amide bonds. The number of rotatable bonds is 4. The summed E-state index contributed by atoms with van der Waals surface area (Å²) in [6.45, 7) is 6.85. The molecule has 0 radical (unpaired) electrons. The molecule has 5 nitrogen and oxygen atoms in total. The molecule has 1 aliphatic rings. The van der Waals surface area contributed by atoms with Crippen LogP contribution >= 0.6 is 0 Å². The highest BCUT2D eigenvalue weighted by atomic mass is 16.5. The zero-order chi connectivity index (χ0) is 16.4. The van der Waals surface area contributed by atoms with Crippen LogP contribution in [0.3, 0.4) is 0 Å². The average molecular weight is 315 g/mol. The second-order valence-corrected chi connectivity index (χ2v) is 6.66. The Bertz CT molecular complexity index is 693. The topological polar surface area (TPSA) is 46.8 Å². The number of esters is 1. The Hall–Kier alpha value is -1.88. The van der Waals surface area contributed by atoms with E-state index in [2.05, 4.69) is 18.7 Å². The van der Waals surface area contributed by atoms with E-state index in [0.717, 1.165) is 24.3 Å². The van der Waals surface area contributed by atoms with Gasteiger partial charge in [0.1, 0.15) is 11.3 Å². The van der Waals surface area contributed by atoms with Gasteiger partial charge in [-0.3, -0.25) is 4.40 Å². The molecule has 1 unspecified atom stereocenters. The van der Waals surface area contributed by atoms with Gasteiger partial charge in [-0.25, -0.2) is 9.78 Å². The molecule has 0 aliphatic carbocycles. The number of carbonyl (C=O) groups is 1. The van der Waals surface area contributed by atoms with E-state index in [1.54, 1.807) is 6.07 Å². The number of imidazole rings is 1. The fourth-order valence-corrected chi connectivity index (χ4v) is 3.46. The Morgan fingerprint density at radius 2 is 2.26 bits per heavy atom. The van der Waals surface area contributed by atoms with Crippen molar-refractivity contribution in [3.63, 3.8) is 0 Å². The second-order valence-electron chi connectivity index (χ2n) is 6.66. The number of pyridine rings is 1. The van der Waals surface area contributed by atoms with E-state index < -0.39 is 0 Å². The van der Waals surface area contributed by atoms with Gasteiger partial charge in [-0.15, -0.1) is 0 Å². The summed E-state index contributed by atoms with van der Waals surface area (Å²) in [5.74, 6) is 0.306. The zero-order valence-corrected chi connectivity index (χ0v) is 14.2. The summed E-state index contributed by atoms with van der Waals surface area (Å²) in [6.07, 6.45) is 5.45. The van der Waals surface area contributed by atoms with Crippen LogP contribution in [0.1, 0.15) is 42.9 Å². The number of methoxy groups -OCH3 is 1. The summed E-state index contributed by atoms with van der Waals surface area (Å²) in [6, 6.07) is 6.15. The largest absolute Gasteiger partial charge is 0.464 e. The van der Waals surface area contributed by atoms with Gasteiger partial charge < -0.3 is 9.64 Å². The quantitative estimate of drug-likeness (QED) is 0.814. The van der Waals surface area contributed by atoms with Gasteiger partial charge in [-0.2, -0.15) is 0 Å². The molecule has 0 spiro atoms. The molecular formula is C18H25N3O2. The van der Waals surface area contributed by atoms with Gasteiger partial charge in [-0.05, 0) is 57.7 Å². The van der Waals surface area contributed by atoms with Crippen LogP contribution in [0.4, 0.5) is 0 Å². The van der Waals surface area contributed by atoms with Crippen LogP contribution in [0.25, 0.3) is 5.65 Å². The van der Waals surface area contributed by atoms with Gasteiger partial charge >= 0.3 is 5.97 Å². The van der Waals surface area contributed by atoms with E-state index in [9.17, 15) is 4.79 Å². The van der Waals surface area contributed by atoms with E-state index in [1.165, 1.54) is 26.5 Å².